The Hall–Kier alpha value is -1.72. The third kappa shape index (κ3) is 3.87. The van der Waals surface area contributed by atoms with Crippen molar-refractivity contribution in [2.75, 3.05) is 18.4 Å². The number of hydrogen-bond acceptors (Lipinski definition) is 1. The minimum atomic E-state index is -4.41. The first-order valence-electron chi connectivity index (χ1n) is 6.03. The zero-order valence-electron chi connectivity index (χ0n) is 11.1. The average molecular weight is 274 g/mol. The van der Waals surface area contributed by atoms with E-state index in [0.717, 1.165) is 12.1 Å². The first-order valence-corrected chi connectivity index (χ1v) is 6.03. The predicted molar refractivity (Wildman–Crippen MR) is 68.1 cm³/mol. The molecular weight excluding hydrogens is 257 g/mol. The van der Waals surface area contributed by atoms with Crippen molar-refractivity contribution in [2.24, 2.45) is 0 Å². The highest BCUT2D eigenvalue weighted by atomic mass is 19.4. The molecule has 0 bridgehead atoms. The second kappa shape index (κ2) is 5.95. The Balaban J connectivity index is 2.98. The molecule has 2 amide bonds. The minimum Gasteiger partial charge on any atom is -0.325 e. The van der Waals surface area contributed by atoms with Crippen LogP contribution >= 0.6 is 0 Å². The maximum Gasteiger partial charge on any atom is 0.416 e. The van der Waals surface area contributed by atoms with Crippen molar-refractivity contribution >= 4 is 11.7 Å². The molecule has 106 valence electrons. The van der Waals surface area contributed by atoms with Gasteiger partial charge in [-0.1, -0.05) is 6.07 Å². The highest BCUT2D eigenvalue weighted by Crippen LogP contribution is 2.32. The van der Waals surface area contributed by atoms with Crippen molar-refractivity contribution in [3.05, 3.63) is 29.3 Å². The Morgan fingerprint density at radius 1 is 1.26 bits per heavy atom. The average Bonchev–Trinajstić information content (AvgIpc) is 2.32. The molecule has 1 N–H and O–H groups in total. The topological polar surface area (TPSA) is 32.3 Å². The zero-order chi connectivity index (χ0) is 14.6. The molecule has 0 heterocycles. The van der Waals surface area contributed by atoms with Gasteiger partial charge in [0.2, 0.25) is 0 Å². The lowest BCUT2D eigenvalue weighted by Gasteiger charge is -2.20. The van der Waals surface area contributed by atoms with Crippen molar-refractivity contribution in [2.45, 2.75) is 26.9 Å². The molecule has 0 aliphatic rings. The van der Waals surface area contributed by atoms with Gasteiger partial charge in [0.05, 0.1) is 5.56 Å². The summed E-state index contributed by atoms with van der Waals surface area (Å²) in [5, 5.41) is 2.51. The van der Waals surface area contributed by atoms with Gasteiger partial charge >= 0.3 is 12.2 Å². The van der Waals surface area contributed by atoms with Crippen LogP contribution in [-0.4, -0.2) is 24.0 Å². The van der Waals surface area contributed by atoms with Gasteiger partial charge in [0.1, 0.15) is 0 Å². The number of alkyl halides is 3. The van der Waals surface area contributed by atoms with Crippen LogP contribution in [0.4, 0.5) is 23.7 Å². The molecule has 19 heavy (non-hydrogen) atoms. The van der Waals surface area contributed by atoms with Crippen molar-refractivity contribution in [1.82, 2.24) is 4.90 Å². The maximum atomic E-state index is 12.6. The summed E-state index contributed by atoms with van der Waals surface area (Å²) in [6.45, 7) is 6.27. The number of nitrogens with one attached hydrogen (secondary N) is 1. The number of urea groups is 1. The molecule has 0 fully saturated rings. The Kier molecular flexibility index (Phi) is 4.80. The summed E-state index contributed by atoms with van der Waals surface area (Å²) in [6, 6.07) is 2.91. The second-order valence-electron chi connectivity index (χ2n) is 4.13. The quantitative estimate of drug-likeness (QED) is 0.891. The van der Waals surface area contributed by atoms with Crippen molar-refractivity contribution in [3.63, 3.8) is 0 Å². The highest BCUT2D eigenvalue weighted by molar-refractivity contribution is 5.90. The molecule has 0 aliphatic carbocycles. The van der Waals surface area contributed by atoms with E-state index in [9.17, 15) is 18.0 Å². The van der Waals surface area contributed by atoms with Crippen LogP contribution in [0.5, 0.6) is 0 Å². The molecule has 0 radical (unpaired) electrons. The van der Waals surface area contributed by atoms with E-state index in [2.05, 4.69) is 5.32 Å². The van der Waals surface area contributed by atoms with E-state index in [0.29, 0.717) is 18.7 Å². The van der Waals surface area contributed by atoms with Gasteiger partial charge in [-0.15, -0.1) is 0 Å². The summed E-state index contributed by atoms with van der Waals surface area (Å²) >= 11 is 0. The Labute approximate surface area is 110 Å². The van der Waals surface area contributed by atoms with E-state index in [1.165, 1.54) is 11.0 Å². The van der Waals surface area contributed by atoms with Gasteiger partial charge in [-0.25, -0.2) is 4.79 Å². The zero-order valence-corrected chi connectivity index (χ0v) is 11.1. The Bertz CT molecular complexity index is 454. The van der Waals surface area contributed by atoms with Crippen molar-refractivity contribution in [1.29, 1.82) is 0 Å². The van der Waals surface area contributed by atoms with E-state index in [1.54, 1.807) is 6.92 Å². The SMILES string of the molecule is CCN(CC)C(=O)Nc1cc(C(F)(F)F)ccc1C. The van der Waals surface area contributed by atoms with Gasteiger partial charge in [-0.3, -0.25) is 0 Å². The normalized spacial score (nSPS) is 11.3. The van der Waals surface area contributed by atoms with Crippen LogP contribution in [0.15, 0.2) is 18.2 Å². The summed E-state index contributed by atoms with van der Waals surface area (Å²) in [6.07, 6.45) is -4.41. The number of amides is 2. The van der Waals surface area contributed by atoms with E-state index < -0.39 is 17.8 Å². The molecule has 1 aromatic rings. The molecule has 6 heteroatoms. The van der Waals surface area contributed by atoms with E-state index in [1.807, 2.05) is 13.8 Å². The van der Waals surface area contributed by atoms with E-state index in [-0.39, 0.29) is 5.69 Å². The van der Waals surface area contributed by atoms with Gasteiger partial charge in [0.15, 0.2) is 0 Å². The summed E-state index contributed by atoms with van der Waals surface area (Å²) in [5.41, 5.74) is 0.00757. The Morgan fingerprint density at radius 3 is 2.32 bits per heavy atom. The molecule has 0 unspecified atom stereocenters. The standard InChI is InChI=1S/C13H17F3N2O/c1-4-18(5-2)12(19)17-11-8-10(13(14,15)16)7-6-9(11)3/h6-8H,4-5H2,1-3H3,(H,17,19). The van der Waals surface area contributed by atoms with Crippen LogP contribution in [-0.2, 0) is 6.18 Å². The number of carbonyl (C=O) groups excluding carboxylic acids is 1. The molecule has 0 spiro atoms. The van der Waals surface area contributed by atoms with Crippen LogP contribution in [0, 0.1) is 6.92 Å². The summed E-state index contributed by atoms with van der Waals surface area (Å²) in [4.78, 5) is 13.3. The molecule has 1 aromatic carbocycles. The molecule has 0 saturated heterocycles. The lowest BCUT2D eigenvalue weighted by molar-refractivity contribution is -0.137. The summed E-state index contributed by atoms with van der Waals surface area (Å²) in [5.74, 6) is 0. The number of aryl methyl sites for hydroxylation is 1. The fraction of sp³-hybridized carbons (Fsp3) is 0.462. The third-order valence-corrected chi connectivity index (χ3v) is 2.86. The van der Waals surface area contributed by atoms with Gasteiger partial charge in [0, 0.05) is 18.8 Å². The molecular formula is C13H17F3N2O. The molecule has 0 aliphatic heterocycles. The lowest BCUT2D eigenvalue weighted by atomic mass is 10.1. The number of halogens is 3. The van der Waals surface area contributed by atoms with E-state index in [4.69, 9.17) is 0 Å². The molecule has 0 saturated carbocycles. The van der Waals surface area contributed by atoms with Gasteiger partial charge < -0.3 is 10.2 Å². The highest BCUT2D eigenvalue weighted by Gasteiger charge is 2.31. The van der Waals surface area contributed by atoms with E-state index >= 15 is 0 Å². The lowest BCUT2D eigenvalue weighted by Crippen LogP contribution is -2.34. The van der Waals surface area contributed by atoms with Crippen LogP contribution in [0.25, 0.3) is 0 Å². The van der Waals surface area contributed by atoms with Gasteiger partial charge in [0.25, 0.3) is 0 Å². The van der Waals surface area contributed by atoms with Crippen LogP contribution in [0.1, 0.15) is 25.0 Å². The number of carbonyl (C=O) groups is 1. The number of hydrogen-bond donors (Lipinski definition) is 1. The second-order valence-corrected chi connectivity index (χ2v) is 4.13. The van der Waals surface area contributed by atoms with Gasteiger partial charge in [-0.05, 0) is 38.5 Å². The maximum absolute atomic E-state index is 12.6. The van der Waals surface area contributed by atoms with Crippen LogP contribution < -0.4 is 5.32 Å². The predicted octanol–water partition coefficient (Wildman–Crippen LogP) is 3.89. The minimum absolute atomic E-state index is 0.187. The fourth-order valence-corrected chi connectivity index (χ4v) is 1.64. The molecule has 3 nitrogen and oxygen atoms in total. The molecule has 0 atom stereocenters. The number of benzene rings is 1. The first-order chi connectivity index (χ1) is 8.79. The van der Waals surface area contributed by atoms with Crippen LogP contribution in [0.3, 0.4) is 0 Å². The van der Waals surface area contributed by atoms with Gasteiger partial charge in [-0.2, -0.15) is 13.2 Å². The summed E-state index contributed by atoms with van der Waals surface area (Å²) < 4.78 is 37.8. The monoisotopic (exact) mass is 274 g/mol. The van der Waals surface area contributed by atoms with Crippen LogP contribution in [0.2, 0.25) is 0 Å². The number of anilines is 1. The van der Waals surface area contributed by atoms with Crippen molar-refractivity contribution in [3.8, 4) is 0 Å². The summed E-state index contributed by atoms with van der Waals surface area (Å²) in [7, 11) is 0. The first kappa shape index (κ1) is 15.3. The smallest absolute Gasteiger partial charge is 0.325 e. The van der Waals surface area contributed by atoms with Crippen molar-refractivity contribution < 1.29 is 18.0 Å². The Morgan fingerprint density at radius 2 is 1.84 bits per heavy atom. The molecule has 1 rings (SSSR count). The third-order valence-electron chi connectivity index (χ3n) is 2.86. The molecule has 0 aromatic heterocycles. The fourth-order valence-electron chi connectivity index (χ4n) is 1.64. The number of rotatable bonds is 3. The number of nitrogens with zero attached hydrogens (tertiary/aromatic N) is 1. The largest absolute Gasteiger partial charge is 0.416 e.